The lowest BCUT2D eigenvalue weighted by molar-refractivity contribution is -0.137. The van der Waals surface area contributed by atoms with E-state index < -0.39 is 23.7 Å². The lowest BCUT2D eigenvalue weighted by Crippen LogP contribution is -2.50. The number of rotatable bonds is 10. The van der Waals surface area contributed by atoms with Crippen molar-refractivity contribution in [2.24, 2.45) is 0 Å². The molecular formula is C36H39F3N4O5. The van der Waals surface area contributed by atoms with Crippen LogP contribution in [0.1, 0.15) is 104 Å². The van der Waals surface area contributed by atoms with Gasteiger partial charge in [-0.05, 0) is 86.1 Å². The summed E-state index contributed by atoms with van der Waals surface area (Å²) in [5.41, 5.74) is 1.65. The van der Waals surface area contributed by atoms with Crippen LogP contribution >= 0.6 is 0 Å². The van der Waals surface area contributed by atoms with Crippen LogP contribution in [0.25, 0.3) is 23.5 Å². The SMILES string of the molecule is O=C(O)CCCCCCC1CC2(CCN(c3ccc(-c4nc5c([nH]4)/C=C(/C(F)(F)F)CC/C=C\5)cn3)CC2)Oc2ccc(C(=O)O)cc21. The Bertz CT molecular complexity index is 1710. The standard InChI is InChI=1S/C36H39F3N4O5/c37-36(38,39)26-8-5-6-9-28-29(20-26)42-33(41-28)25-12-14-31(40-22-25)43-17-15-35(16-18-43)21-24(7-3-1-2-4-10-32(44)45)27-19-23(34(46)47)11-13-30(27)48-35/h6,9,11-14,19-20,22,24H,1-5,7-8,10,15-18,21H2,(H,41,42)(H,44,45)(H,46,47)/b9-6-,26-20+. The minimum absolute atomic E-state index is 0.0821. The monoisotopic (exact) mass is 664 g/mol. The summed E-state index contributed by atoms with van der Waals surface area (Å²) in [6.07, 6.45) is 8.78. The van der Waals surface area contributed by atoms with Gasteiger partial charge in [0.2, 0.25) is 0 Å². The van der Waals surface area contributed by atoms with Crippen molar-refractivity contribution in [2.45, 2.75) is 88.3 Å². The van der Waals surface area contributed by atoms with Crippen LogP contribution in [-0.4, -0.2) is 62.0 Å². The van der Waals surface area contributed by atoms with Gasteiger partial charge in [-0.2, -0.15) is 13.2 Å². The van der Waals surface area contributed by atoms with Crippen molar-refractivity contribution < 1.29 is 37.7 Å². The van der Waals surface area contributed by atoms with Crippen molar-refractivity contribution >= 4 is 29.9 Å². The van der Waals surface area contributed by atoms with Gasteiger partial charge in [-0.1, -0.05) is 25.3 Å². The number of nitrogens with one attached hydrogen (secondary N) is 1. The summed E-state index contributed by atoms with van der Waals surface area (Å²) in [5, 5.41) is 18.5. The van der Waals surface area contributed by atoms with Crippen LogP contribution in [0, 0.1) is 0 Å². The molecule has 0 bridgehead atoms. The first-order valence-electron chi connectivity index (χ1n) is 16.5. The fourth-order valence-corrected chi connectivity index (χ4v) is 7.05. The molecule has 1 aromatic carbocycles. The lowest BCUT2D eigenvalue weighted by Gasteiger charge is -2.47. The van der Waals surface area contributed by atoms with Gasteiger partial charge in [0.25, 0.3) is 0 Å². The number of aromatic nitrogens is 3. The molecule has 48 heavy (non-hydrogen) atoms. The third kappa shape index (κ3) is 7.58. The van der Waals surface area contributed by atoms with E-state index in [0.29, 0.717) is 48.7 Å². The van der Waals surface area contributed by atoms with Crippen LogP contribution in [0.4, 0.5) is 19.0 Å². The average Bonchev–Trinajstić information content (AvgIpc) is 3.43. The molecule has 2 aromatic heterocycles. The van der Waals surface area contributed by atoms with E-state index in [1.165, 1.54) is 0 Å². The number of halogens is 3. The molecule has 1 spiro atoms. The third-order valence-corrected chi connectivity index (χ3v) is 9.65. The Kier molecular flexibility index (Phi) is 9.61. The predicted molar refractivity (Wildman–Crippen MR) is 175 cm³/mol. The van der Waals surface area contributed by atoms with Crippen LogP contribution < -0.4 is 9.64 Å². The number of aromatic amines is 1. The minimum atomic E-state index is -4.40. The van der Waals surface area contributed by atoms with E-state index in [2.05, 4.69) is 19.9 Å². The number of fused-ring (bicyclic) bond motifs is 2. The molecule has 3 aromatic rings. The average molecular weight is 665 g/mol. The minimum Gasteiger partial charge on any atom is -0.487 e. The highest BCUT2D eigenvalue weighted by atomic mass is 19.4. The van der Waals surface area contributed by atoms with E-state index in [-0.39, 0.29) is 29.9 Å². The number of imidazole rings is 1. The van der Waals surface area contributed by atoms with Gasteiger partial charge in [-0.15, -0.1) is 0 Å². The molecule has 1 fully saturated rings. The second-order valence-corrected chi connectivity index (χ2v) is 13.0. The lowest BCUT2D eigenvalue weighted by atomic mass is 9.75. The Hall–Kier alpha value is -4.61. The third-order valence-electron chi connectivity index (χ3n) is 9.65. The van der Waals surface area contributed by atoms with E-state index in [4.69, 9.17) is 9.84 Å². The fourth-order valence-electron chi connectivity index (χ4n) is 7.05. The maximum absolute atomic E-state index is 13.5. The number of H-pyrrole nitrogens is 1. The van der Waals surface area contributed by atoms with Crippen molar-refractivity contribution in [3.63, 3.8) is 0 Å². The molecule has 0 radical (unpaired) electrons. The fraction of sp³-hybridized carbons (Fsp3) is 0.444. The van der Waals surface area contributed by atoms with Crippen LogP contribution in [0.5, 0.6) is 5.75 Å². The molecule has 1 aliphatic carbocycles. The topological polar surface area (TPSA) is 129 Å². The van der Waals surface area contributed by atoms with Crippen LogP contribution in [0.2, 0.25) is 0 Å². The molecule has 0 saturated carbocycles. The van der Waals surface area contributed by atoms with E-state index in [0.717, 1.165) is 68.2 Å². The van der Waals surface area contributed by atoms with Gasteiger partial charge >= 0.3 is 18.1 Å². The molecule has 2 aliphatic heterocycles. The number of carboxylic acids is 2. The number of carbonyl (C=O) groups is 2. The first-order valence-corrected chi connectivity index (χ1v) is 16.5. The number of unbranched alkanes of at least 4 members (excludes halogenated alkanes) is 3. The van der Waals surface area contributed by atoms with Crippen molar-refractivity contribution in [2.75, 3.05) is 18.0 Å². The highest BCUT2D eigenvalue weighted by molar-refractivity contribution is 5.88. The van der Waals surface area contributed by atoms with E-state index in [1.54, 1.807) is 36.5 Å². The largest absolute Gasteiger partial charge is 0.487 e. The van der Waals surface area contributed by atoms with Crippen molar-refractivity contribution in [1.82, 2.24) is 15.0 Å². The molecule has 254 valence electrons. The van der Waals surface area contributed by atoms with Crippen LogP contribution in [0.15, 0.2) is 48.2 Å². The summed E-state index contributed by atoms with van der Waals surface area (Å²) in [4.78, 5) is 37.0. The molecule has 3 N–H and O–H groups in total. The van der Waals surface area contributed by atoms with Gasteiger partial charge in [0.15, 0.2) is 0 Å². The highest BCUT2D eigenvalue weighted by Gasteiger charge is 2.43. The number of alkyl halides is 3. The summed E-state index contributed by atoms with van der Waals surface area (Å²) in [7, 11) is 0. The number of pyridine rings is 1. The zero-order valence-electron chi connectivity index (χ0n) is 26.6. The number of ether oxygens (including phenoxy) is 1. The summed E-state index contributed by atoms with van der Waals surface area (Å²) >= 11 is 0. The maximum Gasteiger partial charge on any atom is 0.412 e. The number of piperidine rings is 1. The Morgan fingerprint density at radius 1 is 1.06 bits per heavy atom. The molecule has 6 rings (SSSR count). The van der Waals surface area contributed by atoms with Gasteiger partial charge < -0.3 is 24.8 Å². The van der Waals surface area contributed by atoms with Crippen molar-refractivity contribution in [1.29, 1.82) is 0 Å². The maximum atomic E-state index is 13.5. The molecule has 1 saturated heterocycles. The Morgan fingerprint density at radius 2 is 1.85 bits per heavy atom. The molecule has 3 aliphatic rings. The molecule has 12 heteroatoms. The number of carboxylic acid groups (broad SMARTS) is 2. The zero-order valence-corrected chi connectivity index (χ0v) is 26.6. The highest BCUT2D eigenvalue weighted by Crippen LogP contribution is 2.48. The second-order valence-electron chi connectivity index (χ2n) is 13.0. The van der Waals surface area contributed by atoms with E-state index in [9.17, 15) is 27.9 Å². The van der Waals surface area contributed by atoms with Gasteiger partial charge in [0.1, 0.15) is 23.0 Å². The number of benzene rings is 1. The first kappa shape index (κ1) is 33.3. The molecule has 0 amide bonds. The van der Waals surface area contributed by atoms with E-state index >= 15 is 0 Å². The number of hydrogen-bond acceptors (Lipinski definition) is 6. The molecule has 1 atom stereocenters. The van der Waals surface area contributed by atoms with Crippen molar-refractivity contribution in [3.05, 3.63) is 70.7 Å². The van der Waals surface area contributed by atoms with Crippen molar-refractivity contribution in [3.8, 4) is 17.1 Å². The summed E-state index contributed by atoms with van der Waals surface area (Å²) in [6, 6.07) is 8.87. The number of anilines is 1. The van der Waals surface area contributed by atoms with Gasteiger partial charge in [0, 0.05) is 49.7 Å². The number of aliphatic carboxylic acids is 1. The molecule has 9 nitrogen and oxygen atoms in total. The normalized spacial score (nSPS) is 20.4. The number of hydrogen-bond donors (Lipinski definition) is 3. The molecular weight excluding hydrogens is 625 g/mol. The van der Waals surface area contributed by atoms with Gasteiger partial charge in [-0.25, -0.2) is 14.8 Å². The Balaban J connectivity index is 1.12. The molecule has 4 heterocycles. The second kappa shape index (κ2) is 13.9. The Morgan fingerprint density at radius 3 is 2.56 bits per heavy atom. The summed E-state index contributed by atoms with van der Waals surface area (Å²) in [5.74, 6) is 0.363. The van der Waals surface area contributed by atoms with Gasteiger partial charge in [0.05, 0.1) is 17.0 Å². The number of nitrogens with zero attached hydrogens (tertiary/aromatic N) is 3. The quantitative estimate of drug-likeness (QED) is 0.185. The zero-order chi connectivity index (χ0) is 33.9. The van der Waals surface area contributed by atoms with E-state index in [1.807, 2.05) is 12.1 Å². The smallest absolute Gasteiger partial charge is 0.412 e. The van der Waals surface area contributed by atoms with Crippen LogP contribution in [0.3, 0.4) is 0 Å². The number of allylic oxidation sites excluding steroid dienone is 2. The number of aromatic carboxylic acids is 1. The predicted octanol–water partition coefficient (Wildman–Crippen LogP) is 8.25. The summed E-state index contributed by atoms with van der Waals surface area (Å²) < 4.78 is 47.0. The van der Waals surface area contributed by atoms with Gasteiger partial charge in [-0.3, -0.25) is 4.79 Å². The Labute approximate surface area is 276 Å². The van der Waals surface area contributed by atoms with Crippen LogP contribution in [-0.2, 0) is 4.79 Å². The molecule has 1 unspecified atom stereocenters. The first-order chi connectivity index (χ1) is 23.0. The summed E-state index contributed by atoms with van der Waals surface area (Å²) in [6.45, 7) is 1.42.